The molecule has 0 radical (unpaired) electrons. The van der Waals surface area contributed by atoms with Gasteiger partial charge in [-0.25, -0.2) is 8.42 Å². The molecule has 0 atom stereocenters. The summed E-state index contributed by atoms with van der Waals surface area (Å²) in [5, 5.41) is 1.56. The Kier molecular flexibility index (Phi) is 23.5. The van der Waals surface area contributed by atoms with Gasteiger partial charge in [0.25, 0.3) is 0 Å². The third-order valence-corrected chi connectivity index (χ3v) is 9.52. The Labute approximate surface area is 296 Å². The van der Waals surface area contributed by atoms with Gasteiger partial charge in [-0.3, -0.25) is 0 Å². The van der Waals surface area contributed by atoms with Crippen molar-refractivity contribution < 1.29 is 64.4 Å². The Morgan fingerprint density at radius 1 is 0.488 bits per heavy atom. The van der Waals surface area contributed by atoms with Gasteiger partial charge in [-0.05, 0) is 47.6 Å². The first-order valence-electron chi connectivity index (χ1n) is 17.0. The van der Waals surface area contributed by atoms with Crippen LogP contribution in [0.25, 0.3) is 10.8 Å². The predicted molar refractivity (Wildman–Crippen MR) is 172 cm³/mol. The van der Waals surface area contributed by atoms with Crippen molar-refractivity contribution in [2.75, 3.05) is 0 Å². The fraction of sp³-hybridized carbons (Fsp3) is 0.722. The van der Waals surface area contributed by atoms with Crippen molar-refractivity contribution in [1.82, 2.24) is 0 Å². The molecule has 41 heavy (non-hydrogen) atoms. The number of unbranched alkanes of at least 4 members (excludes halogenated alkanes) is 20. The van der Waals surface area contributed by atoms with Gasteiger partial charge < -0.3 is 4.55 Å². The van der Waals surface area contributed by atoms with Gasteiger partial charge in [0, 0.05) is 0 Å². The molecule has 0 aliphatic rings. The molecule has 0 aromatic heterocycles. The molecule has 3 nitrogen and oxygen atoms in total. The molecule has 5 heteroatoms. The van der Waals surface area contributed by atoms with E-state index in [-0.39, 0.29) is 56.3 Å². The summed E-state index contributed by atoms with van der Waals surface area (Å²) < 4.78 is 37.2. The summed E-state index contributed by atoms with van der Waals surface area (Å²) in [6.07, 6.45) is 29.8. The standard InChI is InChI=1S/C36H60O3S.K/c1-3-5-7-9-11-13-15-17-19-21-23-26-32-28-25-29-35-34(32)31-30-33(36(35)40(37,38)39)27-24-22-20-18-16-14-12-10-8-6-4-2;/h25,28-31H,3-24,26-27H2,1-2H3,(H,37,38,39);/q;+1/p-1. The molecule has 2 rings (SSSR count). The zero-order valence-corrected chi connectivity index (χ0v) is 30.9. The van der Waals surface area contributed by atoms with E-state index in [9.17, 15) is 13.0 Å². The topological polar surface area (TPSA) is 57.2 Å². The van der Waals surface area contributed by atoms with Crippen LogP contribution in [0, 0.1) is 0 Å². The van der Waals surface area contributed by atoms with Crippen LogP contribution in [0.1, 0.15) is 166 Å². The molecule has 0 aliphatic heterocycles. The monoisotopic (exact) mass is 610 g/mol. The van der Waals surface area contributed by atoms with Gasteiger partial charge >= 0.3 is 51.4 Å². The van der Waals surface area contributed by atoms with Crippen molar-refractivity contribution >= 4 is 20.9 Å². The summed E-state index contributed by atoms with van der Waals surface area (Å²) >= 11 is 0. The maximum absolute atomic E-state index is 12.4. The first kappa shape index (κ1) is 39.3. The van der Waals surface area contributed by atoms with Gasteiger partial charge in [-0.1, -0.05) is 173 Å². The minimum Gasteiger partial charge on any atom is -0.744 e. The Morgan fingerprint density at radius 3 is 1.29 bits per heavy atom. The van der Waals surface area contributed by atoms with Crippen molar-refractivity contribution in [3.8, 4) is 0 Å². The first-order chi connectivity index (χ1) is 19.5. The second kappa shape index (κ2) is 24.6. The molecule has 228 valence electrons. The number of hydrogen-bond donors (Lipinski definition) is 0. The van der Waals surface area contributed by atoms with Crippen LogP contribution in [0.3, 0.4) is 0 Å². The van der Waals surface area contributed by atoms with Crippen LogP contribution < -0.4 is 51.4 Å². The van der Waals surface area contributed by atoms with Gasteiger partial charge in [0.2, 0.25) is 0 Å². The van der Waals surface area contributed by atoms with Crippen molar-refractivity contribution in [3.05, 3.63) is 41.5 Å². The van der Waals surface area contributed by atoms with Crippen LogP contribution in [0.15, 0.2) is 35.2 Å². The molecule has 2 aromatic rings. The molecular weight excluding hydrogens is 552 g/mol. The largest absolute Gasteiger partial charge is 1.00 e. The molecule has 0 unspecified atom stereocenters. The molecule has 0 fully saturated rings. The van der Waals surface area contributed by atoms with E-state index in [2.05, 4.69) is 26.0 Å². The van der Waals surface area contributed by atoms with Gasteiger partial charge in [0.05, 0.1) is 4.90 Å². The second-order valence-electron chi connectivity index (χ2n) is 12.1. The number of rotatable bonds is 25. The molecule has 0 saturated heterocycles. The van der Waals surface area contributed by atoms with Crippen LogP contribution in [0.2, 0.25) is 0 Å². The fourth-order valence-corrected chi connectivity index (χ4v) is 7.05. The summed E-state index contributed by atoms with van der Waals surface area (Å²) in [6, 6.07) is 9.83. The average Bonchev–Trinajstić information content (AvgIpc) is 2.93. The van der Waals surface area contributed by atoms with Crippen LogP contribution in [0.4, 0.5) is 0 Å². The molecule has 0 aliphatic carbocycles. The minimum absolute atomic E-state index is 0. The van der Waals surface area contributed by atoms with E-state index in [1.807, 2.05) is 18.2 Å². The number of hydrogen-bond acceptors (Lipinski definition) is 3. The zero-order chi connectivity index (χ0) is 28.9. The van der Waals surface area contributed by atoms with E-state index in [1.54, 1.807) is 0 Å². The van der Waals surface area contributed by atoms with Gasteiger partial charge in [0.1, 0.15) is 10.1 Å². The normalized spacial score (nSPS) is 11.7. The molecular formula is C36H59KO3S. The minimum atomic E-state index is -4.54. The molecule has 0 N–H and O–H groups in total. The molecule has 0 amide bonds. The summed E-state index contributed by atoms with van der Waals surface area (Å²) in [6.45, 7) is 4.52. The first-order valence-corrected chi connectivity index (χ1v) is 18.4. The maximum Gasteiger partial charge on any atom is 1.00 e. The van der Waals surface area contributed by atoms with Crippen molar-refractivity contribution in [2.45, 2.75) is 173 Å². The maximum atomic E-state index is 12.4. The van der Waals surface area contributed by atoms with E-state index >= 15 is 0 Å². The van der Waals surface area contributed by atoms with Gasteiger partial charge in [-0.15, -0.1) is 0 Å². The Balaban J connectivity index is 0.00000840. The van der Waals surface area contributed by atoms with E-state index in [0.29, 0.717) is 17.4 Å². The van der Waals surface area contributed by atoms with Crippen molar-refractivity contribution in [3.63, 3.8) is 0 Å². The van der Waals surface area contributed by atoms with E-state index in [0.717, 1.165) is 31.1 Å². The third kappa shape index (κ3) is 16.8. The molecule has 0 spiro atoms. The molecule has 2 aromatic carbocycles. The Hall–Kier alpha value is 0.246. The Bertz CT molecular complexity index is 1030. The smallest absolute Gasteiger partial charge is 0.744 e. The molecule has 0 saturated carbocycles. The van der Waals surface area contributed by atoms with Crippen molar-refractivity contribution in [1.29, 1.82) is 0 Å². The third-order valence-electron chi connectivity index (χ3n) is 8.53. The molecule has 0 heterocycles. The number of aryl methyl sites for hydroxylation is 2. The van der Waals surface area contributed by atoms with Gasteiger partial charge in [0.15, 0.2) is 0 Å². The van der Waals surface area contributed by atoms with E-state index < -0.39 is 10.1 Å². The summed E-state index contributed by atoms with van der Waals surface area (Å²) in [7, 11) is -4.54. The van der Waals surface area contributed by atoms with Gasteiger partial charge in [-0.2, -0.15) is 0 Å². The summed E-state index contributed by atoms with van der Waals surface area (Å²) in [4.78, 5) is 0.0258. The second-order valence-corrected chi connectivity index (χ2v) is 13.4. The number of fused-ring (bicyclic) bond motifs is 1. The van der Waals surface area contributed by atoms with Crippen LogP contribution in [-0.4, -0.2) is 13.0 Å². The fourth-order valence-electron chi connectivity index (χ4n) is 6.11. The predicted octanol–water partition coefficient (Wildman–Crippen LogP) is 8.45. The van der Waals surface area contributed by atoms with Crippen molar-refractivity contribution in [2.24, 2.45) is 0 Å². The van der Waals surface area contributed by atoms with Crippen LogP contribution in [0.5, 0.6) is 0 Å². The number of benzene rings is 2. The van der Waals surface area contributed by atoms with Crippen LogP contribution in [-0.2, 0) is 23.0 Å². The summed E-state index contributed by atoms with van der Waals surface area (Å²) in [5.74, 6) is 0. The van der Waals surface area contributed by atoms with E-state index in [4.69, 9.17) is 0 Å². The SMILES string of the molecule is CCCCCCCCCCCCCc1ccc2c(CCCCCCCCCCCCC)cccc2c1S(=O)(=O)[O-].[K+]. The molecule has 0 bridgehead atoms. The summed E-state index contributed by atoms with van der Waals surface area (Å²) in [5.41, 5.74) is 1.87. The van der Waals surface area contributed by atoms with E-state index in [1.165, 1.54) is 128 Å². The van der Waals surface area contributed by atoms with Crippen LogP contribution >= 0.6 is 0 Å². The zero-order valence-electron chi connectivity index (χ0n) is 27.0. The average molecular weight is 611 g/mol. The quantitative estimate of drug-likeness (QED) is 0.0644. The Morgan fingerprint density at radius 2 is 0.878 bits per heavy atom.